The van der Waals surface area contributed by atoms with Crippen LogP contribution in [0.25, 0.3) is 17.7 Å². The molecular weight excluding hydrogens is 456 g/mol. The molecule has 0 spiro atoms. The number of aromatic amines is 1. The number of carbonyl (C=O) groups excluding carboxylic acids is 2. The number of benzene rings is 1. The zero-order valence-corrected chi connectivity index (χ0v) is 19.1. The Kier molecular flexibility index (Phi) is 6.35. The van der Waals surface area contributed by atoms with Crippen molar-refractivity contribution in [3.8, 4) is 0 Å². The predicted octanol–water partition coefficient (Wildman–Crippen LogP) is 2.95. The summed E-state index contributed by atoms with van der Waals surface area (Å²) in [5.41, 5.74) is 4.35. The van der Waals surface area contributed by atoms with Crippen molar-refractivity contribution in [1.82, 2.24) is 24.8 Å². The molecule has 4 aromatic rings. The fourth-order valence-electron chi connectivity index (χ4n) is 3.92. The normalized spacial score (nSPS) is 13.7. The van der Waals surface area contributed by atoms with E-state index in [1.807, 2.05) is 36.4 Å². The molecule has 178 valence electrons. The number of hydrogen-bond donors (Lipinski definition) is 3. The average molecular weight is 479 g/mol. The zero-order valence-electron chi connectivity index (χ0n) is 19.1. The lowest BCUT2D eigenvalue weighted by Gasteiger charge is -2.08. The third kappa shape index (κ3) is 4.90. The van der Waals surface area contributed by atoms with Gasteiger partial charge in [0.25, 0.3) is 17.4 Å². The molecule has 0 bridgehead atoms. The van der Waals surface area contributed by atoms with E-state index in [4.69, 9.17) is 0 Å². The minimum Gasteiger partial charge on any atom is -0.348 e. The minimum atomic E-state index is -0.441. The zero-order chi connectivity index (χ0) is 24.9. The van der Waals surface area contributed by atoms with Gasteiger partial charge in [0.05, 0.1) is 30.3 Å². The number of H-pyrrole nitrogens is 1. The van der Waals surface area contributed by atoms with Gasteiger partial charge in [-0.05, 0) is 47.5 Å². The number of anilines is 1. The van der Waals surface area contributed by atoms with E-state index < -0.39 is 5.91 Å². The predicted molar refractivity (Wildman–Crippen MR) is 137 cm³/mol. The molecule has 4 heterocycles. The van der Waals surface area contributed by atoms with Crippen LogP contribution < -0.4 is 16.2 Å². The number of hydrogen-bond acceptors (Lipinski definition) is 5. The van der Waals surface area contributed by atoms with Crippen LogP contribution in [-0.4, -0.2) is 37.9 Å². The molecule has 2 amide bonds. The summed E-state index contributed by atoms with van der Waals surface area (Å²) in [6.07, 6.45) is 13.6. The number of pyridine rings is 2. The second kappa shape index (κ2) is 10.1. The quantitative estimate of drug-likeness (QED) is 0.353. The standard InChI is InChI=1S/C27H22N6O3/c34-25(22-4-2-12-33(27(22)36)16-19-7-10-28-11-8-19)30-9-1-3-18-5-6-21-23(14-20-15-29-17-31-20)26(35)32-24(21)13-18/h1-8,10-15,17H,9,16H2,(H,29,31)(H,30,34)(H,32,35)/b3-1+,23-14-. The maximum Gasteiger partial charge on any atom is 0.263 e. The van der Waals surface area contributed by atoms with Crippen molar-refractivity contribution >= 4 is 35.2 Å². The van der Waals surface area contributed by atoms with Crippen LogP contribution in [0.1, 0.15) is 32.7 Å². The molecular formula is C27H22N6O3. The minimum absolute atomic E-state index is 0.0804. The van der Waals surface area contributed by atoms with E-state index in [0.717, 1.165) is 28.1 Å². The molecule has 0 saturated heterocycles. The molecule has 0 atom stereocenters. The third-order valence-electron chi connectivity index (χ3n) is 5.70. The highest BCUT2D eigenvalue weighted by atomic mass is 16.2. The van der Waals surface area contributed by atoms with Crippen LogP contribution in [0, 0.1) is 0 Å². The molecule has 0 fully saturated rings. The van der Waals surface area contributed by atoms with Crippen molar-refractivity contribution in [2.45, 2.75) is 6.54 Å². The van der Waals surface area contributed by atoms with E-state index in [0.29, 0.717) is 12.1 Å². The second-order valence-corrected chi connectivity index (χ2v) is 8.15. The van der Waals surface area contributed by atoms with Crippen LogP contribution in [0.5, 0.6) is 0 Å². The van der Waals surface area contributed by atoms with Gasteiger partial charge in [-0.15, -0.1) is 0 Å². The topological polar surface area (TPSA) is 122 Å². The van der Waals surface area contributed by atoms with Crippen LogP contribution in [0.2, 0.25) is 0 Å². The van der Waals surface area contributed by atoms with E-state index in [2.05, 4.69) is 25.6 Å². The van der Waals surface area contributed by atoms with Gasteiger partial charge in [0.1, 0.15) is 5.56 Å². The van der Waals surface area contributed by atoms with E-state index in [-0.39, 0.29) is 23.6 Å². The molecule has 0 unspecified atom stereocenters. The number of carbonyl (C=O) groups is 2. The van der Waals surface area contributed by atoms with Crippen molar-refractivity contribution in [1.29, 1.82) is 0 Å². The summed E-state index contributed by atoms with van der Waals surface area (Å²) in [7, 11) is 0. The fraction of sp³-hybridized carbons (Fsp3) is 0.0741. The summed E-state index contributed by atoms with van der Waals surface area (Å²) in [6.45, 7) is 0.599. The van der Waals surface area contributed by atoms with E-state index in [1.54, 1.807) is 49.3 Å². The first kappa shape index (κ1) is 22.7. The van der Waals surface area contributed by atoms with Crippen LogP contribution in [-0.2, 0) is 11.3 Å². The third-order valence-corrected chi connectivity index (χ3v) is 5.70. The summed E-state index contributed by atoms with van der Waals surface area (Å²) in [5.74, 6) is -0.617. The van der Waals surface area contributed by atoms with E-state index in [9.17, 15) is 14.4 Å². The Bertz CT molecular complexity index is 1540. The molecule has 1 aromatic carbocycles. The first-order valence-electron chi connectivity index (χ1n) is 11.3. The Hall–Kier alpha value is -5.05. The maximum absolute atomic E-state index is 12.8. The van der Waals surface area contributed by atoms with Crippen LogP contribution >= 0.6 is 0 Å². The first-order valence-corrected chi connectivity index (χ1v) is 11.3. The Morgan fingerprint density at radius 2 is 1.94 bits per heavy atom. The highest BCUT2D eigenvalue weighted by Crippen LogP contribution is 2.33. The van der Waals surface area contributed by atoms with Crippen molar-refractivity contribution in [2.24, 2.45) is 0 Å². The summed E-state index contributed by atoms with van der Waals surface area (Å²) in [5, 5.41) is 5.63. The SMILES string of the molecule is O=C1Nc2cc(/C=C/CNC(=O)c3cccn(Cc4ccncc4)c3=O)ccc2/C1=C/c1cnc[nH]1. The van der Waals surface area contributed by atoms with E-state index >= 15 is 0 Å². The lowest BCUT2D eigenvalue weighted by molar-refractivity contribution is -0.110. The van der Waals surface area contributed by atoms with Gasteiger partial charge < -0.3 is 20.2 Å². The average Bonchev–Trinajstić information content (AvgIpc) is 3.51. The smallest absolute Gasteiger partial charge is 0.263 e. The Morgan fingerprint density at radius 1 is 1.08 bits per heavy atom. The van der Waals surface area contributed by atoms with Crippen LogP contribution in [0.4, 0.5) is 5.69 Å². The number of nitrogens with zero attached hydrogens (tertiary/aromatic N) is 3. The Labute approximate surface area is 206 Å². The summed E-state index contributed by atoms with van der Waals surface area (Å²) < 4.78 is 1.49. The molecule has 0 saturated carbocycles. The molecule has 9 heteroatoms. The molecule has 3 N–H and O–H groups in total. The van der Waals surface area contributed by atoms with Gasteiger partial charge in [-0.1, -0.05) is 24.3 Å². The molecule has 1 aliphatic heterocycles. The number of imidazole rings is 1. The highest BCUT2D eigenvalue weighted by molar-refractivity contribution is 6.34. The van der Waals surface area contributed by atoms with Gasteiger partial charge in [0.15, 0.2) is 0 Å². The van der Waals surface area contributed by atoms with Crippen molar-refractivity contribution < 1.29 is 9.59 Å². The molecule has 1 aliphatic rings. The van der Waals surface area contributed by atoms with Gasteiger partial charge >= 0.3 is 0 Å². The molecule has 0 radical (unpaired) electrons. The lowest BCUT2D eigenvalue weighted by Crippen LogP contribution is -2.33. The molecule has 36 heavy (non-hydrogen) atoms. The lowest BCUT2D eigenvalue weighted by atomic mass is 10.0. The van der Waals surface area contributed by atoms with Crippen molar-refractivity contribution in [3.05, 3.63) is 118 Å². The summed E-state index contributed by atoms with van der Waals surface area (Å²) in [6, 6.07) is 12.5. The fourth-order valence-corrected chi connectivity index (χ4v) is 3.92. The monoisotopic (exact) mass is 478 g/mol. The number of amides is 2. The second-order valence-electron chi connectivity index (χ2n) is 8.15. The van der Waals surface area contributed by atoms with Gasteiger partial charge in [0, 0.05) is 36.4 Å². The summed E-state index contributed by atoms with van der Waals surface area (Å²) >= 11 is 0. The van der Waals surface area contributed by atoms with Crippen molar-refractivity contribution in [3.63, 3.8) is 0 Å². The number of aromatic nitrogens is 4. The molecule has 0 aliphatic carbocycles. The van der Waals surface area contributed by atoms with E-state index in [1.165, 1.54) is 10.6 Å². The Morgan fingerprint density at radius 3 is 2.75 bits per heavy atom. The first-order chi connectivity index (χ1) is 17.6. The number of nitrogens with one attached hydrogen (secondary N) is 3. The van der Waals surface area contributed by atoms with Crippen molar-refractivity contribution in [2.75, 3.05) is 11.9 Å². The molecule has 5 rings (SSSR count). The molecule has 9 nitrogen and oxygen atoms in total. The van der Waals surface area contributed by atoms with Gasteiger partial charge in [-0.3, -0.25) is 19.4 Å². The van der Waals surface area contributed by atoms with Gasteiger partial charge in [-0.25, -0.2) is 4.98 Å². The van der Waals surface area contributed by atoms with Crippen LogP contribution in [0.3, 0.4) is 0 Å². The maximum atomic E-state index is 12.8. The summed E-state index contributed by atoms with van der Waals surface area (Å²) in [4.78, 5) is 48.7. The van der Waals surface area contributed by atoms with Gasteiger partial charge in [0.2, 0.25) is 0 Å². The number of fused-ring (bicyclic) bond motifs is 1. The highest BCUT2D eigenvalue weighted by Gasteiger charge is 2.24. The van der Waals surface area contributed by atoms with Gasteiger partial charge in [-0.2, -0.15) is 0 Å². The Balaban J connectivity index is 1.22. The largest absolute Gasteiger partial charge is 0.348 e. The molecule has 3 aromatic heterocycles. The number of rotatable bonds is 7. The van der Waals surface area contributed by atoms with Crippen LogP contribution in [0.15, 0.2) is 84.4 Å².